The van der Waals surface area contributed by atoms with E-state index in [0.717, 1.165) is 149 Å². The lowest BCUT2D eigenvalue weighted by atomic mass is 9.57. The lowest BCUT2D eigenvalue weighted by molar-refractivity contribution is -0.0591. The SMILES string of the molecule is CN1CC2(CC(c3cn4c(cnc5[nH]cc(C6CCOCC6)c54)n3)C2)C1.CN1CCC2(CC1)CC(c1cn3c(cnc4[nH]cc(C5CCOCC5)c43)n1)C2.c1[nH]c2ncc3nc(C4CC5(CCNCC5)C4)cn3c2c1C1CCOCC1.c1[nH]c2ncc3nc(C4CC5(CNC5)C4)cn3c2c1C1CCOCC1. The first-order chi connectivity index (χ1) is 52.0. The van der Waals surface area contributed by atoms with Gasteiger partial charge in [0.15, 0.2) is 45.2 Å². The van der Waals surface area contributed by atoms with Crippen LogP contribution in [0, 0.1) is 21.7 Å². The van der Waals surface area contributed by atoms with E-state index in [1.54, 1.807) is 0 Å². The number of imidazole rings is 4. The summed E-state index contributed by atoms with van der Waals surface area (Å²) in [6.45, 7) is 16.6. The zero-order valence-electron chi connectivity index (χ0n) is 61.9. The minimum Gasteiger partial charge on any atom is -0.381 e. The molecule has 12 aromatic heterocycles. The number of aromatic nitrogens is 16. The van der Waals surface area contributed by atoms with Gasteiger partial charge in [-0.3, -0.25) is 17.6 Å². The highest BCUT2D eigenvalue weighted by Crippen LogP contribution is 2.59. The number of ether oxygens (including phenoxy) is 4. The first kappa shape index (κ1) is 66.5. The minimum absolute atomic E-state index is 0.548. The van der Waals surface area contributed by atoms with E-state index in [9.17, 15) is 0 Å². The second-order valence-corrected chi connectivity index (χ2v) is 35.2. The summed E-state index contributed by atoms with van der Waals surface area (Å²) in [6.07, 6.45) is 49.8. The summed E-state index contributed by atoms with van der Waals surface area (Å²) in [6, 6.07) is 0. The quantitative estimate of drug-likeness (QED) is 0.0827. The summed E-state index contributed by atoms with van der Waals surface area (Å²) in [5.41, 5.74) is 25.5. The van der Waals surface area contributed by atoms with Crippen molar-refractivity contribution in [3.8, 4) is 0 Å². The van der Waals surface area contributed by atoms with Crippen molar-refractivity contribution in [1.29, 1.82) is 0 Å². The lowest BCUT2D eigenvalue weighted by Crippen LogP contribution is -2.60. The van der Waals surface area contributed by atoms with Gasteiger partial charge in [0, 0.05) is 152 Å². The first-order valence-corrected chi connectivity index (χ1v) is 40.5. The fourth-order valence-electron chi connectivity index (χ4n) is 22.1. The van der Waals surface area contributed by atoms with E-state index >= 15 is 0 Å². The van der Waals surface area contributed by atoms with Gasteiger partial charge in [0.2, 0.25) is 0 Å². The van der Waals surface area contributed by atoms with Gasteiger partial charge in [-0.2, -0.15) is 0 Å². The summed E-state index contributed by atoms with van der Waals surface area (Å²) >= 11 is 0. The Morgan fingerprint density at radius 1 is 0.340 bits per heavy atom. The fraction of sp³-hybridized carbons (Fsp3) is 0.610. The van der Waals surface area contributed by atoms with Gasteiger partial charge in [0.05, 0.1) is 69.6 Å². The van der Waals surface area contributed by atoms with Crippen LogP contribution in [0.15, 0.2) is 74.4 Å². The average molecular weight is 1430 g/mol. The molecule has 24 nitrogen and oxygen atoms in total. The van der Waals surface area contributed by atoms with Crippen LogP contribution in [0.25, 0.3) is 67.2 Å². The van der Waals surface area contributed by atoms with Gasteiger partial charge in [0.25, 0.3) is 0 Å². The molecular weight excluding hydrogens is 1330 g/mol. The smallest absolute Gasteiger partial charge is 0.156 e. The molecule has 8 saturated heterocycles. The van der Waals surface area contributed by atoms with Crippen molar-refractivity contribution in [3.05, 3.63) is 119 Å². The van der Waals surface area contributed by atoms with E-state index in [4.69, 9.17) is 38.9 Å². The molecule has 0 unspecified atom stereocenters. The van der Waals surface area contributed by atoms with E-state index in [1.165, 1.54) is 197 Å². The van der Waals surface area contributed by atoms with E-state index in [0.29, 0.717) is 69.0 Å². The highest BCUT2D eigenvalue weighted by Gasteiger charge is 2.53. The molecule has 4 spiro atoms. The Kier molecular flexibility index (Phi) is 16.7. The van der Waals surface area contributed by atoms with E-state index in [-0.39, 0.29) is 0 Å². The number of rotatable bonds is 8. The number of piperidine rings is 2. The number of hydrogen-bond acceptors (Lipinski definition) is 16. The molecule has 106 heavy (non-hydrogen) atoms. The Labute approximate surface area is 617 Å². The fourth-order valence-corrected chi connectivity index (χ4v) is 22.1. The predicted octanol–water partition coefficient (Wildman–Crippen LogP) is 12.5. The first-order valence-electron chi connectivity index (χ1n) is 40.5. The second-order valence-electron chi connectivity index (χ2n) is 35.2. The summed E-state index contributed by atoms with van der Waals surface area (Å²) in [7, 11) is 4.46. The van der Waals surface area contributed by atoms with Gasteiger partial charge in [0.1, 0.15) is 0 Å². The molecular formula is C82H104N20O4. The Balaban J connectivity index is 0.0000000908. The third kappa shape index (κ3) is 11.8. The molecule has 4 aliphatic carbocycles. The molecule has 12 aliphatic rings. The Morgan fingerprint density at radius 3 is 0.925 bits per heavy atom. The van der Waals surface area contributed by atoms with Gasteiger partial charge in [-0.1, -0.05) is 0 Å². The summed E-state index contributed by atoms with van der Waals surface area (Å²) in [5.74, 6) is 4.65. The highest BCUT2D eigenvalue weighted by atomic mass is 16.5. The van der Waals surface area contributed by atoms with Crippen LogP contribution in [0.3, 0.4) is 0 Å². The molecule has 24 rings (SSSR count). The summed E-state index contributed by atoms with van der Waals surface area (Å²) in [4.78, 5) is 56.8. The van der Waals surface area contributed by atoms with Crippen LogP contribution < -0.4 is 10.6 Å². The Morgan fingerprint density at radius 2 is 0.632 bits per heavy atom. The standard InChI is InChI=1S/C22H29N5O.C21H27N5O.C20H25N5O.C19H23N5O/c1-26-6-4-22(5-7-26)10-16(11-22)18-14-27-19(25-18)13-24-21-20(27)17(12-23-21)15-2-8-28-9-3-15;1-7-27-8-2-14(1)16-11-23-20-19(16)26-13-17(25-18(26)12-24-20)15-9-21(10-15)3-5-22-6-4-21;1-24-11-20(12-24)6-14(7-20)16-10-25-17(23-16)9-22-19-18(25)15(8-21-19)13-2-4-26-5-3-13;1-3-25-4-2-12(1)14-7-21-18-17(14)24-9-15(23-16(24)8-22-18)13-5-19(6-13)10-20-11-19/h12-16,23H,2-11H2,1H3;11-15,22-23H,1-10H2;8-10,13-14,21H,2-7,11-12H2,1H3;7-9,12-13,20-21H,1-6,10-11H2. The molecule has 8 aliphatic heterocycles. The molecule has 556 valence electrons. The maximum absolute atomic E-state index is 5.57. The van der Waals surface area contributed by atoms with Crippen molar-refractivity contribution in [2.75, 3.05) is 119 Å². The Bertz CT molecular complexity index is 5160. The molecule has 12 fully saturated rings. The van der Waals surface area contributed by atoms with Crippen LogP contribution in [0.4, 0.5) is 0 Å². The number of likely N-dealkylation sites (tertiary alicyclic amines) is 2. The normalized spacial score (nSPS) is 25.2. The number of fused-ring (bicyclic) bond motifs is 12. The third-order valence-electron chi connectivity index (χ3n) is 28.3. The summed E-state index contributed by atoms with van der Waals surface area (Å²) in [5, 5.41) is 6.92. The molecule has 12 aromatic rings. The molecule has 0 amide bonds. The van der Waals surface area contributed by atoms with Crippen LogP contribution in [0.2, 0.25) is 0 Å². The number of nitrogens with one attached hydrogen (secondary N) is 6. The van der Waals surface area contributed by atoms with Crippen molar-refractivity contribution in [3.63, 3.8) is 0 Å². The van der Waals surface area contributed by atoms with Crippen molar-refractivity contribution in [2.45, 2.75) is 176 Å². The highest BCUT2D eigenvalue weighted by molar-refractivity contribution is 5.82. The molecule has 0 bridgehead atoms. The zero-order valence-corrected chi connectivity index (χ0v) is 61.9. The average Bonchev–Trinajstić information content (AvgIpc) is 1.61. The van der Waals surface area contributed by atoms with E-state index < -0.39 is 0 Å². The van der Waals surface area contributed by atoms with Crippen LogP contribution >= 0.6 is 0 Å². The zero-order chi connectivity index (χ0) is 70.3. The second kappa shape index (κ2) is 26.6. The predicted molar refractivity (Wildman–Crippen MR) is 407 cm³/mol. The van der Waals surface area contributed by atoms with Crippen LogP contribution in [-0.2, 0) is 18.9 Å². The molecule has 0 radical (unpaired) electrons. The topological polar surface area (TPSA) is 251 Å². The number of nitrogens with zero attached hydrogens (tertiary/aromatic N) is 14. The third-order valence-corrected chi connectivity index (χ3v) is 28.3. The van der Waals surface area contributed by atoms with Crippen molar-refractivity contribution >= 4 is 67.2 Å². The Hall–Kier alpha value is -7.68. The van der Waals surface area contributed by atoms with Gasteiger partial charge in [-0.05, 0) is 236 Å². The molecule has 0 aromatic carbocycles. The van der Waals surface area contributed by atoms with Gasteiger partial charge < -0.3 is 59.3 Å². The molecule has 6 N–H and O–H groups in total. The van der Waals surface area contributed by atoms with Gasteiger partial charge in [-0.25, -0.2) is 39.9 Å². The maximum atomic E-state index is 5.57. The van der Waals surface area contributed by atoms with Crippen molar-refractivity contribution in [1.82, 2.24) is 97.8 Å². The number of aromatic amines is 4. The van der Waals surface area contributed by atoms with Crippen molar-refractivity contribution in [2.24, 2.45) is 21.7 Å². The van der Waals surface area contributed by atoms with Crippen LogP contribution in [0.5, 0.6) is 0 Å². The van der Waals surface area contributed by atoms with Gasteiger partial charge in [-0.15, -0.1) is 0 Å². The lowest BCUT2D eigenvalue weighted by Gasteiger charge is -2.58. The van der Waals surface area contributed by atoms with Crippen LogP contribution in [0.1, 0.15) is 221 Å². The monoisotopic (exact) mass is 1430 g/mol. The molecule has 24 heteroatoms. The molecule has 4 saturated carbocycles. The summed E-state index contributed by atoms with van der Waals surface area (Å²) < 4.78 is 31.3. The maximum Gasteiger partial charge on any atom is 0.156 e. The molecule has 0 atom stereocenters. The number of H-pyrrole nitrogens is 4. The largest absolute Gasteiger partial charge is 0.381 e. The number of hydrogen-bond donors (Lipinski definition) is 6. The van der Waals surface area contributed by atoms with Gasteiger partial charge >= 0.3 is 0 Å². The van der Waals surface area contributed by atoms with E-state index in [1.807, 2.05) is 24.8 Å². The van der Waals surface area contributed by atoms with Crippen LogP contribution in [-0.4, -0.2) is 207 Å². The van der Waals surface area contributed by atoms with Crippen molar-refractivity contribution < 1.29 is 18.9 Å². The van der Waals surface area contributed by atoms with E-state index in [2.05, 4.69) is 142 Å². The molecule has 20 heterocycles. The minimum atomic E-state index is 0.548.